The smallest absolute Gasteiger partial charge is 0.338 e. The van der Waals surface area contributed by atoms with Gasteiger partial charge in [0.1, 0.15) is 6.61 Å². The molecule has 2 aromatic rings. The Bertz CT molecular complexity index is 718. The van der Waals surface area contributed by atoms with Gasteiger partial charge in [0.05, 0.1) is 19.2 Å². The number of methoxy groups -OCH3 is 1. The number of nitrogens with one attached hydrogen (secondary N) is 1. The van der Waals surface area contributed by atoms with Gasteiger partial charge in [-0.05, 0) is 36.4 Å². The Balaban J connectivity index is 1.67. The van der Waals surface area contributed by atoms with E-state index in [2.05, 4.69) is 5.32 Å². The van der Waals surface area contributed by atoms with E-state index in [1.54, 1.807) is 31.4 Å². The van der Waals surface area contributed by atoms with Crippen LogP contribution in [0.5, 0.6) is 11.5 Å². The summed E-state index contributed by atoms with van der Waals surface area (Å²) in [4.78, 5) is 23.4. The molecule has 0 unspecified atom stereocenters. The molecule has 0 aliphatic rings. The Hall–Kier alpha value is -2.73. The summed E-state index contributed by atoms with van der Waals surface area (Å²) in [6.07, 6.45) is 0. The number of hydrogen-bond acceptors (Lipinski definition) is 5. The number of benzene rings is 2. The Labute approximate surface area is 150 Å². The van der Waals surface area contributed by atoms with Crippen molar-refractivity contribution in [2.45, 2.75) is 0 Å². The fourth-order valence-corrected chi connectivity index (χ4v) is 2.07. The van der Waals surface area contributed by atoms with Crippen molar-refractivity contribution >= 4 is 23.5 Å². The van der Waals surface area contributed by atoms with E-state index in [1.165, 1.54) is 12.1 Å². The number of para-hydroxylation sites is 2. The Morgan fingerprint density at radius 2 is 1.72 bits per heavy atom. The van der Waals surface area contributed by atoms with E-state index in [4.69, 9.17) is 25.8 Å². The van der Waals surface area contributed by atoms with E-state index in [1.807, 2.05) is 12.1 Å². The van der Waals surface area contributed by atoms with E-state index >= 15 is 0 Å². The van der Waals surface area contributed by atoms with Gasteiger partial charge in [-0.25, -0.2) is 4.79 Å². The number of carbonyl (C=O) groups is 2. The van der Waals surface area contributed by atoms with Crippen LogP contribution in [0.15, 0.2) is 48.5 Å². The highest BCUT2D eigenvalue weighted by Crippen LogP contribution is 2.25. The summed E-state index contributed by atoms with van der Waals surface area (Å²) in [5.41, 5.74) is 0.330. The van der Waals surface area contributed by atoms with Crippen molar-refractivity contribution in [2.24, 2.45) is 0 Å². The predicted molar refractivity (Wildman–Crippen MR) is 93.2 cm³/mol. The van der Waals surface area contributed by atoms with Crippen LogP contribution in [-0.4, -0.2) is 38.7 Å². The van der Waals surface area contributed by atoms with Crippen LogP contribution in [0.3, 0.4) is 0 Å². The Morgan fingerprint density at radius 3 is 2.40 bits per heavy atom. The minimum atomic E-state index is -0.586. The molecule has 0 fully saturated rings. The van der Waals surface area contributed by atoms with Crippen molar-refractivity contribution in [3.8, 4) is 11.5 Å². The number of rotatable bonds is 8. The van der Waals surface area contributed by atoms with Gasteiger partial charge in [-0.1, -0.05) is 23.7 Å². The van der Waals surface area contributed by atoms with Crippen molar-refractivity contribution < 1.29 is 23.8 Å². The molecule has 7 heteroatoms. The fraction of sp³-hybridized carbons (Fsp3) is 0.222. The minimum absolute atomic E-state index is 0.261. The van der Waals surface area contributed by atoms with Crippen molar-refractivity contribution in [1.82, 2.24) is 5.32 Å². The van der Waals surface area contributed by atoms with Crippen LogP contribution >= 0.6 is 11.6 Å². The number of carbonyl (C=O) groups excluding carboxylic acids is 2. The number of amides is 1. The molecule has 0 aliphatic heterocycles. The molecule has 2 aromatic carbocycles. The molecule has 25 heavy (non-hydrogen) atoms. The lowest BCUT2D eigenvalue weighted by molar-refractivity contribution is -0.124. The minimum Gasteiger partial charge on any atom is -0.493 e. The van der Waals surface area contributed by atoms with E-state index in [0.29, 0.717) is 22.1 Å². The van der Waals surface area contributed by atoms with E-state index in [9.17, 15) is 9.59 Å². The van der Waals surface area contributed by atoms with Gasteiger partial charge in [0.15, 0.2) is 18.1 Å². The second-order valence-electron chi connectivity index (χ2n) is 4.93. The zero-order chi connectivity index (χ0) is 18.1. The summed E-state index contributed by atoms with van der Waals surface area (Å²) >= 11 is 5.74. The van der Waals surface area contributed by atoms with E-state index in [-0.39, 0.29) is 19.8 Å². The molecule has 0 saturated carbocycles. The van der Waals surface area contributed by atoms with Gasteiger partial charge in [-0.2, -0.15) is 0 Å². The molecule has 0 saturated heterocycles. The molecule has 0 radical (unpaired) electrons. The zero-order valence-electron chi connectivity index (χ0n) is 13.7. The summed E-state index contributed by atoms with van der Waals surface area (Å²) < 4.78 is 15.6. The van der Waals surface area contributed by atoms with Crippen LogP contribution in [0.1, 0.15) is 10.4 Å². The molecular formula is C18H18ClNO5. The summed E-state index contributed by atoms with van der Waals surface area (Å²) in [5, 5.41) is 3.12. The van der Waals surface area contributed by atoms with Gasteiger partial charge >= 0.3 is 5.97 Å². The molecule has 1 amide bonds. The molecular weight excluding hydrogens is 346 g/mol. The first-order valence-corrected chi connectivity index (χ1v) is 7.93. The average molecular weight is 364 g/mol. The second-order valence-corrected chi connectivity index (χ2v) is 5.37. The van der Waals surface area contributed by atoms with Crippen LogP contribution in [-0.2, 0) is 9.53 Å². The summed E-state index contributed by atoms with van der Waals surface area (Å²) in [6, 6.07) is 13.4. The topological polar surface area (TPSA) is 73.9 Å². The Morgan fingerprint density at radius 1 is 1.04 bits per heavy atom. The first-order valence-electron chi connectivity index (χ1n) is 7.55. The monoisotopic (exact) mass is 363 g/mol. The van der Waals surface area contributed by atoms with Gasteiger partial charge < -0.3 is 19.5 Å². The third-order valence-corrected chi connectivity index (χ3v) is 3.42. The SMILES string of the molecule is COc1ccccc1OCCNC(=O)COC(=O)c1ccc(Cl)cc1. The lowest BCUT2D eigenvalue weighted by Gasteiger charge is -2.11. The molecule has 2 rings (SSSR count). The molecule has 132 valence electrons. The van der Waals surface area contributed by atoms with Crippen LogP contribution in [0, 0.1) is 0 Å². The molecule has 0 aromatic heterocycles. The number of esters is 1. The van der Waals surface area contributed by atoms with Gasteiger partial charge in [-0.15, -0.1) is 0 Å². The first kappa shape index (κ1) is 18.6. The normalized spacial score (nSPS) is 10.0. The maximum Gasteiger partial charge on any atom is 0.338 e. The van der Waals surface area contributed by atoms with Crippen molar-refractivity contribution in [3.05, 3.63) is 59.1 Å². The molecule has 0 bridgehead atoms. The van der Waals surface area contributed by atoms with E-state index in [0.717, 1.165) is 0 Å². The third kappa shape index (κ3) is 6.00. The van der Waals surface area contributed by atoms with Crippen molar-refractivity contribution in [1.29, 1.82) is 0 Å². The van der Waals surface area contributed by atoms with Crippen LogP contribution in [0.25, 0.3) is 0 Å². The van der Waals surface area contributed by atoms with Gasteiger partial charge in [-0.3, -0.25) is 4.79 Å². The highest BCUT2D eigenvalue weighted by molar-refractivity contribution is 6.30. The Kier molecular flexibility index (Phi) is 7.10. The number of halogens is 1. The summed E-state index contributed by atoms with van der Waals surface area (Å²) in [7, 11) is 1.55. The second kappa shape index (κ2) is 9.54. The van der Waals surface area contributed by atoms with Crippen LogP contribution < -0.4 is 14.8 Å². The maximum absolute atomic E-state index is 11.8. The van der Waals surface area contributed by atoms with E-state index < -0.39 is 11.9 Å². The summed E-state index contributed by atoms with van der Waals surface area (Å²) in [6.45, 7) is 0.169. The largest absolute Gasteiger partial charge is 0.493 e. The summed E-state index contributed by atoms with van der Waals surface area (Å²) in [5.74, 6) is 0.210. The highest BCUT2D eigenvalue weighted by Gasteiger charge is 2.10. The van der Waals surface area contributed by atoms with Gasteiger partial charge in [0.2, 0.25) is 0 Å². The van der Waals surface area contributed by atoms with Crippen molar-refractivity contribution in [2.75, 3.05) is 26.9 Å². The van der Waals surface area contributed by atoms with Crippen LogP contribution in [0.2, 0.25) is 5.02 Å². The maximum atomic E-state index is 11.8. The lowest BCUT2D eigenvalue weighted by atomic mass is 10.2. The standard InChI is InChI=1S/C18H18ClNO5/c1-23-15-4-2-3-5-16(15)24-11-10-20-17(21)12-25-18(22)13-6-8-14(19)9-7-13/h2-9H,10-12H2,1H3,(H,20,21). The first-order chi connectivity index (χ1) is 12.1. The fourth-order valence-electron chi connectivity index (χ4n) is 1.94. The zero-order valence-corrected chi connectivity index (χ0v) is 14.4. The average Bonchev–Trinajstić information content (AvgIpc) is 2.64. The van der Waals surface area contributed by atoms with Crippen LogP contribution in [0.4, 0.5) is 0 Å². The molecule has 0 aliphatic carbocycles. The van der Waals surface area contributed by atoms with Gasteiger partial charge in [0, 0.05) is 5.02 Å². The number of ether oxygens (including phenoxy) is 3. The molecule has 0 atom stereocenters. The van der Waals surface area contributed by atoms with Crippen molar-refractivity contribution in [3.63, 3.8) is 0 Å². The molecule has 6 nitrogen and oxygen atoms in total. The number of hydrogen-bond donors (Lipinski definition) is 1. The lowest BCUT2D eigenvalue weighted by Crippen LogP contribution is -2.32. The van der Waals surface area contributed by atoms with Gasteiger partial charge in [0.25, 0.3) is 5.91 Å². The molecule has 1 N–H and O–H groups in total. The quantitative estimate of drug-likeness (QED) is 0.576. The predicted octanol–water partition coefficient (Wildman–Crippen LogP) is 2.70. The highest BCUT2D eigenvalue weighted by atomic mass is 35.5. The molecule has 0 spiro atoms. The third-order valence-electron chi connectivity index (χ3n) is 3.17. The molecule has 0 heterocycles.